The van der Waals surface area contributed by atoms with Gasteiger partial charge in [0.2, 0.25) is 0 Å². The fourth-order valence-corrected chi connectivity index (χ4v) is 4.03. The van der Waals surface area contributed by atoms with Gasteiger partial charge in [-0.25, -0.2) is 0 Å². The lowest BCUT2D eigenvalue weighted by Crippen LogP contribution is -2.30. The molecule has 0 fully saturated rings. The molecule has 2 aliphatic rings. The smallest absolute Gasteiger partial charge is 0.299 e. The maximum atomic E-state index is 9.90. The second-order valence-electron chi connectivity index (χ2n) is 6.15. The zero-order valence-corrected chi connectivity index (χ0v) is 12.0. The normalized spacial score (nSPS) is 22.3. The van der Waals surface area contributed by atoms with Gasteiger partial charge in [-0.1, -0.05) is 18.2 Å². The molecular weight excluding hydrogens is 276 g/mol. The van der Waals surface area contributed by atoms with Crippen molar-refractivity contribution in [3.05, 3.63) is 64.2 Å². The van der Waals surface area contributed by atoms with E-state index in [0.717, 1.165) is 47.2 Å². The highest BCUT2D eigenvalue weighted by Gasteiger charge is 2.40. The molecule has 0 aliphatic heterocycles. The van der Waals surface area contributed by atoms with Crippen LogP contribution < -0.4 is 0 Å². The molecule has 4 rings (SSSR count). The number of rotatable bonds is 0. The largest absolute Gasteiger partial charge is 0.504 e. The minimum absolute atomic E-state index is 0.0566. The lowest BCUT2D eigenvalue weighted by atomic mass is 9.65. The van der Waals surface area contributed by atoms with Crippen LogP contribution in [0.15, 0.2) is 36.4 Å². The van der Waals surface area contributed by atoms with Gasteiger partial charge in [0, 0.05) is 5.92 Å². The van der Waals surface area contributed by atoms with Crippen molar-refractivity contribution in [3.8, 4) is 11.5 Å². The first kappa shape index (κ1) is 13.1. The van der Waals surface area contributed by atoms with Crippen molar-refractivity contribution in [3.63, 3.8) is 0 Å². The van der Waals surface area contributed by atoms with E-state index in [9.17, 15) is 15.7 Å². The van der Waals surface area contributed by atoms with Crippen molar-refractivity contribution < 1.29 is 15.0 Å². The second-order valence-corrected chi connectivity index (χ2v) is 6.15. The Morgan fingerprint density at radius 2 is 1.82 bits per heavy atom. The lowest BCUT2D eigenvalue weighted by molar-refractivity contribution is -0.00958. The summed E-state index contributed by atoms with van der Waals surface area (Å²) in [5.74, 6) is 0.409. The quantitative estimate of drug-likeness (QED) is 0.444. The molecular formula is C18H16N2O2. The average molecular weight is 292 g/mol. The van der Waals surface area contributed by atoms with Gasteiger partial charge in [0.05, 0.1) is 12.0 Å². The second kappa shape index (κ2) is 4.72. The number of benzene rings is 2. The van der Waals surface area contributed by atoms with Crippen LogP contribution in [0.5, 0.6) is 11.5 Å². The molecule has 22 heavy (non-hydrogen) atoms. The third-order valence-electron chi connectivity index (χ3n) is 5.01. The topological polar surface area (TPSA) is 76.9 Å². The Kier molecular flexibility index (Phi) is 2.81. The summed E-state index contributed by atoms with van der Waals surface area (Å²) < 4.78 is 0. The number of phenols is 2. The summed E-state index contributed by atoms with van der Waals surface area (Å²) in [7, 11) is 0. The number of hydrogen-bond donors (Lipinski definition) is 2. The molecule has 2 atom stereocenters. The Morgan fingerprint density at radius 1 is 1.05 bits per heavy atom. The highest BCUT2D eigenvalue weighted by Crippen LogP contribution is 2.48. The molecule has 2 N–H and O–H groups in total. The number of hydrogen-bond acceptors (Lipinski definition) is 2. The Morgan fingerprint density at radius 3 is 2.64 bits per heavy atom. The molecule has 2 aromatic rings. The maximum absolute atomic E-state index is 9.90. The molecule has 4 nitrogen and oxygen atoms in total. The fraction of sp³-hybridized carbons (Fsp3) is 0.278. The predicted molar refractivity (Wildman–Crippen MR) is 82.2 cm³/mol. The van der Waals surface area contributed by atoms with E-state index in [1.165, 1.54) is 0 Å². The third-order valence-corrected chi connectivity index (χ3v) is 5.01. The fourth-order valence-electron chi connectivity index (χ4n) is 4.03. The molecule has 0 bridgehead atoms. The van der Waals surface area contributed by atoms with Crippen LogP contribution in [0.1, 0.15) is 41.0 Å². The minimum Gasteiger partial charge on any atom is -0.504 e. The molecule has 0 aromatic heterocycles. The molecule has 0 spiro atoms. The number of aryl methyl sites for hydroxylation is 1. The van der Waals surface area contributed by atoms with Crippen molar-refractivity contribution in [1.82, 2.24) is 0 Å². The average Bonchev–Trinajstić information content (AvgIpc) is 2.55. The van der Waals surface area contributed by atoms with Gasteiger partial charge in [-0.05, 0) is 53.6 Å². The summed E-state index contributed by atoms with van der Waals surface area (Å²) >= 11 is 0. The molecule has 2 aromatic carbocycles. The standard InChI is InChI=1S/C18H16N2O2/c19-20-15-7-11-6-5-10-8-16(21)17(22)9-14(10)18(11)13-4-2-1-3-12(13)15/h1-4,8-9,11,18,21-22H,5-7H2/t11-,18+/m1/s1. The van der Waals surface area contributed by atoms with E-state index in [1.54, 1.807) is 12.1 Å². The van der Waals surface area contributed by atoms with Crippen LogP contribution in [0, 0.1) is 5.92 Å². The summed E-state index contributed by atoms with van der Waals surface area (Å²) in [6.07, 6.45) is 2.58. The summed E-state index contributed by atoms with van der Waals surface area (Å²) in [4.78, 5) is 3.49. The van der Waals surface area contributed by atoms with Crippen LogP contribution in [0.2, 0.25) is 0 Å². The van der Waals surface area contributed by atoms with Crippen LogP contribution in [-0.2, 0) is 6.42 Å². The Balaban J connectivity index is 1.96. The SMILES string of the molecule is [N-]=[N+]=C1C[C@H]2CCc3cc(O)c(O)cc3[C@@H]2c2ccccc21. The highest BCUT2D eigenvalue weighted by atomic mass is 16.3. The van der Waals surface area contributed by atoms with Gasteiger partial charge in [0.25, 0.3) is 5.71 Å². The molecule has 110 valence electrons. The summed E-state index contributed by atoms with van der Waals surface area (Å²) in [5.41, 5.74) is 14.3. The number of aromatic hydroxyl groups is 2. The van der Waals surface area contributed by atoms with Crippen LogP contribution in [0.3, 0.4) is 0 Å². The molecule has 0 saturated heterocycles. The van der Waals surface area contributed by atoms with E-state index in [1.807, 2.05) is 18.2 Å². The van der Waals surface area contributed by atoms with Crippen molar-refractivity contribution in [2.45, 2.75) is 25.2 Å². The summed E-state index contributed by atoms with van der Waals surface area (Å²) in [5, 5.41) is 19.6. The molecule has 0 radical (unpaired) electrons. The van der Waals surface area contributed by atoms with E-state index in [4.69, 9.17) is 0 Å². The van der Waals surface area contributed by atoms with Crippen LogP contribution in [-0.4, -0.2) is 20.7 Å². The lowest BCUT2D eigenvalue weighted by Gasteiger charge is -2.37. The van der Waals surface area contributed by atoms with Crippen molar-refractivity contribution in [1.29, 1.82) is 0 Å². The van der Waals surface area contributed by atoms with Crippen molar-refractivity contribution >= 4 is 5.71 Å². The molecule has 0 unspecified atom stereocenters. The predicted octanol–water partition coefficient (Wildman–Crippen LogP) is 3.21. The van der Waals surface area contributed by atoms with Crippen molar-refractivity contribution in [2.24, 2.45) is 5.92 Å². The molecule has 0 saturated carbocycles. The van der Waals surface area contributed by atoms with Gasteiger partial charge < -0.3 is 15.7 Å². The molecule has 4 heteroatoms. The van der Waals surface area contributed by atoms with E-state index in [-0.39, 0.29) is 17.4 Å². The first-order valence-corrected chi connectivity index (χ1v) is 7.54. The zero-order chi connectivity index (χ0) is 15.3. The Hall–Kier alpha value is -2.58. The third kappa shape index (κ3) is 1.78. The van der Waals surface area contributed by atoms with Gasteiger partial charge in [-0.15, -0.1) is 0 Å². The first-order valence-electron chi connectivity index (χ1n) is 7.54. The maximum Gasteiger partial charge on any atom is 0.299 e. The van der Waals surface area contributed by atoms with Crippen LogP contribution in [0.4, 0.5) is 0 Å². The minimum atomic E-state index is -0.0708. The molecule has 0 heterocycles. The Bertz CT molecular complexity index is 822. The van der Waals surface area contributed by atoms with E-state index < -0.39 is 0 Å². The van der Waals surface area contributed by atoms with Crippen LogP contribution in [0.25, 0.3) is 5.53 Å². The van der Waals surface area contributed by atoms with E-state index in [0.29, 0.717) is 5.92 Å². The first-order chi connectivity index (χ1) is 10.7. The monoisotopic (exact) mass is 292 g/mol. The molecule has 0 amide bonds. The highest BCUT2D eigenvalue weighted by molar-refractivity contribution is 5.99. The summed E-state index contributed by atoms with van der Waals surface area (Å²) in [6.45, 7) is 0. The van der Waals surface area contributed by atoms with Gasteiger partial charge in [-0.2, -0.15) is 4.79 Å². The van der Waals surface area contributed by atoms with Crippen LogP contribution >= 0.6 is 0 Å². The van der Waals surface area contributed by atoms with Gasteiger partial charge >= 0.3 is 0 Å². The molecule has 2 aliphatic carbocycles. The van der Waals surface area contributed by atoms with Gasteiger partial charge in [0.1, 0.15) is 0 Å². The number of fused-ring (bicyclic) bond motifs is 5. The van der Waals surface area contributed by atoms with E-state index in [2.05, 4.69) is 10.9 Å². The van der Waals surface area contributed by atoms with Crippen molar-refractivity contribution in [2.75, 3.05) is 0 Å². The number of phenolic OH excluding ortho intramolecular Hbond substituents is 2. The van der Waals surface area contributed by atoms with E-state index >= 15 is 0 Å². The summed E-state index contributed by atoms with van der Waals surface area (Å²) in [6, 6.07) is 11.4. The van der Waals surface area contributed by atoms with Gasteiger partial charge in [-0.3, -0.25) is 0 Å². The number of nitrogens with zero attached hydrogens (tertiary/aromatic N) is 2. The van der Waals surface area contributed by atoms with Gasteiger partial charge in [0.15, 0.2) is 11.5 Å². The Labute approximate surface area is 128 Å². The zero-order valence-electron chi connectivity index (χ0n) is 12.0.